The van der Waals surface area contributed by atoms with E-state index in [9.17, 15) is 0 Å². The maximum absolute atomic E-state index is 6.06. The highest BCUT2D eigenvalue weighted by molar-refractivity contribution is 4.87. The van der Waals surface area contributed by atoms with Crippen molar-refractivity contribution in [2.24, 2.45) is 5.92 Å². The van der Waals surface area contributed by atoms with Gasteiger partial charge in [-0.1, -0.05) is 20.8 Å². The van der Waals surface area contributed by atoms with E-state index in [1.54, 1.807) is 0 Å². The van der Waals surface area contributed by atoms with Gasteiger partial charge in [-0.15, -0.1) is 0 Å². The quantitative estimate of drug-likeness (QED) is 0.649. The molecule has 0 radical (unpaired) electrons. The molecule has 0 bridgehead atoms. The standard InChI is InChI=1S/C18H37N3O/c1-5-6-20-7-9-21(10-8-20)11-12-22-18-13-17(14-18)19(4)15-16(2)3/h16-18H,5-15H2,1-4H3. The predicted molar refractivity (Wildman–Crippen MR) is 93.4 cm³/mol. The molecule has 1 aliphatic heterocycles. The largest absolute Gasteiger partial charge is 0.377 e. The number of ether oxygens (including phenoxy) is 1. The fraction of sp³-hybridized carbons (Fsp3) is 1.00. The van der Waals surface area contributed by atoms with Crippen molar-refractivity contribution in [3.8, 4) is 0 Å². The van der Waals surface area contributed by atoms with E-state index in [-0.39, 0.29) is 0 Å². The van der Waals surface area contributed by atoms with Crippen LogP contribution in [0.2, 0.25) is 0 Å². The Morgan fingerprint density at radius 1 is 1.05 bits per heavy atom. The lowest BCUT2D eigenvalue weighted by atomic mass is 9.87. The van der Waals surface area contributed by atoms with Gasteiger partial charge in [0.25, 0.3) is 0 Å². The SMILES string of the molecule is CCCN1CCN(CCOC2CC(N(C)CC(C)C)C2)CC1. The van der Waals surface area contributed by atoms with Gasteiger partial charge in [0.1, 0.15) is 0 Å². The molecule has 0 atom stereocenters. The maximum atomic E-state index is 6.06. The van der Waals surface area contributed by atoms with Crippen LogP contribution in [0.1, 0.15) is 40.0 Å². The fourth-order valence-corrected chi connectivity index (χ4v) is 3.66. The summed E-state index contributed by atoms with van der Waals surface area (Å²) in [4.78, 5) is 7.66. The molecule has 1 saturated carbocycles. The van der Waals surface area contributed by atoms with Crippen molar-refractivity contribution in [1.29, 1.82) is 0 Å². The topological polar surface area (TPSA) is 19.0 Å². The molecule has 4 heteroatoms. The molecular weight excluding hydrogens is 274 g/mol. The van der Waals surface area contributed by atoms with Crippen molar-refractivity contribution in [3.63, 3.8) is 0 Å². The molecule has 1 heterocycles. The van der Waals surface area contributed by atoms with Crippen LogP contribution in [0.25, 0.3) is 0 Å². The third-order valence-electron chi connectivity index (χ3n) is 5.11. The molecule has 22 heavy (non-hydrogen) atoms. The minimum atomic E-state index is 0.515. The minimum Gasteiger partial charge on any atom is -0.377 e. The van der Waals surface area contributed by atoms with E-state index >= 15 is 0 Å². The van der Waals surface area contributed by atoms with Crippen molar-refractivity contribution >= 4 is 0 Å². The van der Waals surface area contributed by atoms with Gasteiger partial charge < -0.3 is 14.5 Å². The van der Waals surface area contributed by atoms with Crippen LogP contribution in [-0.4, -0.2) is 86.3 Å². The molecule has 2 fully saturated rings. The highest BCUT2D eigenvalue weighted by atomic mass is 16.5. The zero-order valence-electron chi connectivity index (χ0n) is 15.3. The Balaban J connectivity index is 1.49. The van der Waals surface area contributed by atoms with Gasteiger partial charge in [0.15, 0.2) is 0 Å². The van der Waals surface area contributed by atoms with E-state index in [2.05, 4.69) is 42.5 Å². The first kappa shape index (κ1) is 18.2. The third-order valence-corrected chi connectivity index (χ3v) is 5.11. The summed E-state index contributed by atoms with van der Waals surface area (Å²) in [7, 11) is 2.26. The van der Waals surface area contributed by atoms with Crippen LogP contribution >= 0.6 is 0 Å². The van der Waals surface area contributed by atoms with E-state index in [0.717, 1.165) is 25.1 Å². The van der Waals surface area contributed by atoms with Gasteiger partial charge in [-0.25, -0.2) is 0 Å². The van der Waals surface area contributed by atoms with Crippen molar-refractivity contribution in [3.05, 3.63) is 0 Å². The van der Waals surface area contributed by atoms with Gasteiger partial charge in [0, 0.05) is 45.3 Å². The van der Waals surface area contributed by atoms with Gasteiger partial charge >= 0.3 is 0 Å². The van der Waals surface area contributed by atoms with Gasteiger partial charge in [-0.05, 0) is 38.8 Å². The van der Waals surface area contributed by atoms with Crippen molar-refractivity contribution < 1.29 is 4.74 Å². The lowest BCUT2D eigenvalue weighted by molar-refractivity contribution is -0.0541. The summed E-state index contributed by atoms with van der Waals surface area (Å²) >= 11 is 0. The second-order valence-electron chi connectivity index (χ2n) is 7.63. The Hall–Kier alpha value is -0.160. The first-order chi connectivity index (χ1) is 10.6. The van der Waals surface area contributed by atoms with E-state index in [0.29, 0.717) is 6.10 Å². The number of nitrogens with zero attached hydrogens (tertiary/aromatic N) is 3. The number of piperazine rings is 1. The normalized spacial score (nSPS) is 27.5. The zero-order valence-corrected chi connectivity index (χ0v) is 15.3. The first-order valence-electron chi connectivity index (χ1n) is 9.35. The summed E-state index contributed by atoms with van der Waals surface area (Å²) < 4.78 is 6.06. The molecule has 2 aliphatic rings. The lowest BCUT2D eigenvalue weighted by Crippen LogP contribution is -2.49. The van der Waals surface area contributed by atoms with E-state index in [1.807, 2.05) is 0 Å². The molecule has 0 aromatic heterocycles. The molecule has 1 saturated heterocycles. The second kappa shape index (κ2) is 9.21. The predicted octanol–water partition coefficient (Wildman–Crippen LogP) is 2.15. The van der Waals surface area contributed by atoms with Crippen LogP contribution in [0.15, 0.2) is 0 Å². The summed E-state index contributed by atoms with van der Waals surface area (Å²) in [6.07, 6.45) is 4.25. The average Bonchev–Trinajstić information content (AvgIpc) is 2.42. The maximum Gasteiger partial charge on any atom is 0.0605 e. The molecule has 1 aliphatic carbocycles. The molecule has 2 rings (SSSR count). The molecule has 0 amide bonds. The molecule has 4 nitrogen and oxygen atoms in total. The number of rotatable bonds is 9. The number of hydrogen-bond acceptors (Lipinski definition) is 4. The van der Waals surface area contributed by atoms with Crippen LogP contribution in [0.4, 0.5) is 0 Å². The van der Waals surface area contributed by atoms with Crippen molar-refractivity contribution in [1.82, 2.24) is 14.7 Å². The van der Waals surface area contributed by atoms with Crippen LogP contribution in [0.5, 0.6) is 0 Å². The van der Waals surface area contributed by atoms with E-state index in [4.69, 9.17) is 4.74 Å². The molecule has 130 valence electrons. The highest BCUT2D eigenvalue weighted by Gasteiger charge is 2.32. The van der Waals surface area contributed by atoms with E-state index in [1.165, 1.54) is 58.5 Å². The van der Waals surface area contributed by atoms with Crippen LogP contribution in [0.3, 0.4) is 0 Å². The van der Waals surface area contributed by atoms with Gasteiger partial charge in [0.2, 0.25) is 0 Å². The van der Waals surface area contributed by atoms with Crippen LogP contribution in [-0.2, 0) is 4.74 Å². The average molecular weight is 312 g/mol. The molecule has 0 N–H and O–H groups in total. The smallest absolute Gasteiger partial charge is 0.0605 e. The zero-order chi connectivity index (χ0) is 15.9. The summed E-state index contributed by atoms with van der Waals surface area (Å²) in [5.41, 5.74) is 0. The fourth-order valence-electron chi connectivity index (χ4n) is 3.66. The lowest BCUT2D eigenvalue weighted by Gasteiger charge is -2.42. The monoisotopic (exact) mass is 311 g/mol. The van der Waals surface area contributed by atoms with Gasteiger partial charge in [0.05, 0.1) is 12.7 Å². The number of hydrogen-bond donors (Lipinski definition) is 0. The first-order valence-corrected chi connectivity index (χ1v) is 9.35. The van der Waals surface area contributed by atoms with Crippen molar-refractivity contribution in [2.75, 3.05) is 59.5 Å². The summed E-state index contributed by atoms with van der Waals surface area (Å²) in [6, 6.07) is 0.755. The molecule has 0 aromatic rings. The van der Waals surface area contributed by atoms with Gasteiger partial charge in [-0.3, -0.25) is 4.90 Å². The molecular formula is C18H37N3O. The third kappa shape index (κ3) is 5.80. The summed E-state index contributed by atoms with van der Waals surface area (Å²) in [6.45, 7) is 16.3. The Kier molecular flexibility index (Phi) is 7.61. The van der Waals surface area contributed by atoms with Crippen LogP contribution < -0.4 is 0 Å². The Morgan fingerprint density at radius 2 is 1.64 bits per heavy atom. The Labute approximate surface area is 137 Å². The molecule has 0 spiro atoms. The Morgan fingerprint density at radius 3 is 2.18 bits per heavy atom. The highest BCUT2D eigenvalue weighted by Crippen LogP contribution is 2.27. The van der Waals surface area contributed by atoms with Gasteiger partial charge in [-0.2, -0.15) is 0 Å². The Bertz CT molecular complexity index is 297. The molecule has 0 unspecified atom stereocenters. The molecule has 0 aromatic carbocycles. The minimum absolute atomic E-state index is 0.515. The summed E-state index contributed by atoms with van der Waals surface area (Å²) in [5.74, 6) is 0.761. The van der Waals surface area contributed by atoms with Crippen LogP contribution in [0, 0.1) is 5.92 Å². The summed E-state index contributed by atoms with van der Waals surface area (Å²) in [5, 5.41) is 0. The second-order valence-corrected chi connectivity index (χ2v) is 7.63. The van der Waals surface area contributed by atoms with E-state index < -0.39 is 0 Å². The van der Waals surface area contributed by atoms with Crippen molar-refractivity contribution in [2.45, 2.75) is 52.2 Å².